The molecule has 3 heterocycles. The Morgan fingerprint density at radius 1 is 1.09 bits per heavy atom. The van der Waals surface area contributed by atoms with Crippen LogP contribution >= 0.6 is 0 Å². The lowest BCUT2D eigenvalue weighted by Crippen LogP contribution is -2.40. The molecule has 7 nitrogen and oxygen atoms in total. The highest BCUT2D eigenvalue weighted by atomic mass is 28.4. The molecule has 0 fully saturated rings. The molecule has 4 aromatic rings. The summed E-state index contributed by atoms with van der Waals surface area (Å²) < 4.78 is 8.20. The molecule has 0 atom stereocenters. The second kappa shape index (κ2) is 9.79. The summed E-state index contributed by atoms with van der Waals surface area (Å²) in [6, 6.07) is 13.8. The molecule has 0 radical (unpaired) electrons. The summed E-state index contributed by atoms with van der Waals surface area (Å²) in [6.45, 7) is 13.6. The Morgan fingerprint density at radius 2 is 1.89 bits per heavy atom. The lowest BCUT2D eigenvalue weighted by Gasteiger charge is -2.36. The van der Waals surface area contributed by atoms with Crippen molar-refractivity contribution in [1.29, 1.82) is 0 Å². The fraction of sp³-hybridized carbons (Fsp3) is 0.370. The Hall–Kier alpha value is -3.23. The van der Waals surface area contributed by atoms with Gasteiger partial charge in [-0.05, 0) is 48.8 Å². The van der Waals surface area contributed by atoms with Crippen LogP contribution in [-0.4, -0.2) is 38.8 Å². The second-order valence-electron chi connectivity index (χ2n) is 10.3. The van der Waals surface area contributed by atoms with Gasteiger partial charge >= 0.3 is 0 Å². The predicted octanol–water partition coefficient (Wildman–Crippen LogP) is 6.38. The maximum absolute atomic E-state index is 12.3. The molecule has 0 aliphatic rings. The van der Waals surface area contributed by atoms with Crippen LogP contribution in [0.15, 0.2) is 54.9 Å². The topological polar surface area (TPSA) is 82.8 Å². The van der Waals surface area contributed by atoms with Gasteiger partial charge in [-0.3, -0.25) is 4.79 Å². The Balaban J connectivity index is 1.65. The van der Waals surface area contributed by atoms with E-state index in [1.54, 1.807) is 6.20 Å². The average Bonchev–Trinajstić information content (AvgIpc) is 3.26. The van der Waals surface area contributed by atoms with Crippen LogP contribution in [0.25, 0.3) is 28.0 Å². The largest absolute Gasteiger partial charge is 0.411 e. The van der Waals surface area contributed by atoms with Crippen molar-refractivity contribution in [2.75, 3.05) is 0 Å². The number of aromatic nitrogens is 5. The lowest BCUT2D eigenvalue weighted by atomic mass is 10.1. The Labute approximate surface area is 207 Å². The summed E-state index contributed by atoms with van der Waals surface area (Å²) in [4.78, 5) is 25.8. The van der Waals surface area contributed by atoms with Crippen LogP contribution in [0.2, 0.25) is 18.1 Å². The highest BCUT2D eigenvalue weighted by molar-refractivity contribution is 6.74. The maximum atomic E-state index is 12.3. The van der Waals surface area contributed by atoms with E-state index in [1.807, 2.05) is 60.3 Å². The molecule has 0 spiro atoms. The van der Waals surface area contributed by atoms with Gasteiger partial charge in [0.05, 0.1) is 29.7 Å². The van der Waals surface area contributed by atoms with Gasteiger partial charge in [-0.25, -0.2) is 19.6 Å². The fourth-order valence-corrected chi connectivity index (χ4v) is 4.43. The third-order valence-electron chi connectivity index (χ3n) is 6.64. The van der Waals surface area contributed by atoms with Crippen molar-refractivity contribution in [3.8, 4) is 17.1 Å². The van der Waals surface area contributed by atoms with E-state index in [4.69, 9.17) is 9.41 Å². The van der Waals surface area contributed by atoms with Crippen molar-refractivity contribution in [2.45, 2.75) is 65.3 Å². The summed E-state index contributed by atoms with van der Waals surface area (Å²) in [5.74, 6) is 0.949. The van der Waals surface area contributed by atoms with E-state index >= 15 is 0 Å². The predicted molar refractivity (Wildman–Crippen MR) is 141 cm³/mol. The first kappa shape index (κ1) is 24.9. The number of hydrogen-bond acceptors (Lipinski definition) is 6. The van der Waals surface area contributed by atoms with Gasteiger partial charge in [0.2, 0.25) is 0 Å². The third kappa shape index (κ3) is 5.38. The molecule has 35 heavy (non-hydrogen) atoms. The molecule has 0 aliphatic heterocycles. The molecule has 1 aromatic carbocycles. The molecule has 0 aliphatic carbocycles. The molecular weight excluding hydrogens is 454 g/mol. The molecule has 4 rings (SSSR count). The zero-order chi connectivity index (χ0) is 25.2. The molecule has 0 N–H and O–H groups in total. The number of ketones is 1. The lowest BCUT2D eigenvalue weighted by molar-refractivity contribution is 0.0971. The second-order valence-corrected chi connectivity index (χ2v) is 15.1. The SMILES string of the molecule is CCCC(=O)c1nccc(-c2ccc3cnn(-c4cccc(CO[Si](C)(C)C(C)(C)C)n4)c3c2)n1. The van der Waals surface area contributed by atoms with Crippen LogP contribution in [0, 0.1) is 0 Å². The van der Waals surface area contributed by atoms with Gasteiger partial charge in [0.25, 0.3) is 0 Å². The summed E-state index contributed by atoms with van der Waals surface area (Å²) in [6.07, 6.45) is 4.68. The van der Waals surface area contributed by atoms with Gasteiger partial charge in [-0.1, -0.05) is 45.9 Å². The molecule has 0 saturated carbocycles. The molecule has 0 amide bonds. The van der Waals surface area contributed by atoms with E-state index < -0.39 is 8.32 Å². The number of carbonyl (C=O) groups excluding carboxylic acids is 1. The van der Waals surface area contributed by atoms with Crippen molar-refractivity contribution in [1.82, 2.24) is 24.7 Å². The number of Topliss-reactive ketones (excluding diaryl/α,β-unsaturated/α-hetero) is 1. The zero-order valence-electron chi connectivity index (χ0n) is 21.4. The molecular formula is C27H33N5O2Si. The van der Waals surface area contributed by atoms with Crippen molar-refractivity contribution in [3.05, 3.63) is 66.4 Å². The first-order valence-corrected chi connectivity index (χ1v) is 14.9. The van der Waals surface area contributed by atoms with Crippen molar-refractivity contribution in [2.24, 2.45) is 0 Å². The Kier molecular flexibility index (Phi) is 6.96. The number of nitrogens with zero attached hydrogens (tertiary/aromatic N) is 5. The van der Waals surface area contributed by atoms with Crippen molar-refractivity contribution in [3.63, 3.8) is 0 Å². The first-order chi connectivity index (χ1) is 16.6. The number of hydrogen-bond donors (Lipinski definition) is 0. The highest BCUT2D eigenvalue weighted by Gasteiger charge is 2.37. The minimum Gasteiger partial charge on any atom is -0.411 e. The van der Waals surface area contributed by atoms with Crippen LogP contribution in [-0.2, 0) is 11.0 Å². The minimum atomic E-state index is -1.88. The Bertz CT molecular complexity index is 1360. The quantitative estimate of drug-likeness (QED) is 0.212. The number of rotatable bonds is 8. The van der Waals surface area contributed by atoms with Crippen molar-refractivity contribution < 1.29 is 9.22 Å². The van der Waals surface area contributed by atoms with Crippen LogP contribution in [0.1, 0.15) is 56.8 Å². The van der Waals surface area contributed by atoms with Gasteiger partial charge in [-0.15, -0.1) is 0 Å². The maximum Gasteiger partial charge on any atom is 0.200 e. The molecule has 0 unspecified atom stereocenters. The van der Waals surface area contributed by atoms with Gasteiger partial charge < -0.3 is 4.43 Å². The highest BCUT2D eigenvalue weighted by Crippen LogP contribution is 2.37. The number of fused-ring (bicyclic) bond motifs is 1. The van der Waals surface area contributed by atoms with E-state index in [1.165, 1.54) is 0 Å². The monoisotopic (exact) mass is 487 g/mol. The van der Waals surface area contributed by atoms with Crippen LogP contribution < -0.4 is 0 Å². The molecule has 182 valence electrons. The smallest absolute Gasteiger partial charge is 0.200 e. The summed E-state index contributed by atoms with van der Waals surface area (Å²) in [5, 5.41) is 5.73. The van der Waals surface area contributed by atoms with Gasteiger partial charge in [-0.2, -0.15) is 5.10 Å². The molecule has 3 aromatic heterocycles. The fourth-order valence-electron chi connectivity index (χ4n) is 3.49. The average molecular weight is 488 g/mol. The van der Waals surface area contributed by atoms with Crippen LogP contribution in [0.3, 0.4) is 0 Å². The number of pyridine rings is 1. The normalized spacial score (nSPS) is 12.3. The van der Waals surface area contributed by atoms with E-state index in [9.17, 15) is 4.79 Å². The minimum absolute atomic E-state index is 0.0404. The first-order valence-electron chi connectivity index (χ1n) is 12.0. The standard InChI is InChI=1S/C27H33N5O2Si/c1-7-9-24(33)26-28-15-14-22(31-26)19-12-13-20-17-29-32(23(20)16-19)25-11-8-10-21(30-25)18-34-35(5,6)27(2,3)4/h8,10-17H,7,9,18H2,1-6H3. The third-order valence-corrected chi connectivity index (χ3v) is 11.1. The zero-order valence-corrected chi connectivity index (χ0v) is 22.4. The number of benzene rings is 1. The van der Waals surface area contributed by atoms with Crippen LogP contribution in [0.4, 0.5) is 0 Å². The van der Waals surface area contributed by atoms with Crippen molar-refractivity contribution >= 4 is 25.0 Å². The van der Waals surface area contributed by atoms with Crippen LogP contribution in [0.5, 0.6) is 0 Å². The molecule has 8 heteroatoms. The summed E-state index contributed by atoms with van der Waals surface area (Å²) in [7, 11) is -1.88. The van der Waals surface area contributed by atoms with E-state index in [0.717, 1.165) is 34.4 Å². The van der Waals surface area contributed by atoms with E-state index in [-0.39, 0.29) is 16.6 Å². The van der Waals surface area contributed by atoms with Gasteiger partial charge in [0, 0.05) is 23.6 Å². The molecule has 0 bridgehead atoms. The van der Waals surface area contributed by atoms with Gasteiger partial charge in [0.1, 0.15) is 0 Å². The van der Waals surface area contributed by atoms with E-state index in [2.05, 4.69) is 48.9 Å². The molecule has 0 saturated heterocycles. The Morgan fingerprint density at radius 3 is 2.63 bits per heavy atom. The van der Waals surface area contributed by atoms with Gasteiger partial charge in [0.15, 0.2) is 25.7 Å². The summed E-state index contributed by atoms with van der Waals surface area (Å²) >= 11 is 0. The number of carbonyl (C=O) groups is 1. The summed E-state index contributed by atoms with van der Waals surface area (Å²) in [5.41, 5.74) is 3.39. The van der Waals surface area contributed by atoms with E-state index in [0.29, 0.717) is 18.7 Å².